The minimum absolute atomic E-state index is 0.0492. The Bertz CT molecular complexity index is 1250. The average Bonchev–Trinajstić information content (AvgIpc) is 3.21. The molecule has 1 aromatic heterocycles. The highest BCUT2D eigenvalue weighted by atomic mass is 16.2. The van der Waals surface area contributed by atoms with Crippen LogP contribution in [0.1, 0.15) is 80.4 Å². The van der Waals surface area contributed by atoms with E-state index in [2.05, 4.69) is 30.2 Å². The van der Waals surface area contributed by atoms with Gasteiger partial charge in [0, 0.05) is 28.6 Å². The lowest BCUT2D eigenvalue weighted by Crippen LogP contribution is -2.59. The Morgan fingerprint density at radius 3 is 2.74 bits per heavy atom. The molecular formula is C29H35N3O2. The molecule has 3 N–H and O–H groups in total. The molecule has 0 bridgehead atoms. The smallest absolute Gasteiger partial charge is 0.267 e. The zero-order chi connectivity index (χ0) is 23.8. The molecule has 2 heterocycles. The van der Waals surface area contributed by atoms with Crippen molar-refractivity contribution >= 4 is 28.2 Å². The summed E-state index contributed by atoms with van der Waals surface area (Å²) in [6, 6.07) is 6.06. The highest BCUT2D eigenvalue weighted by Crippen LogP contribution is 2.63. The number of rotatable bonds is 2. The normalized spacial score (nSPS) is 36.8. The zero-order valence-corrected chi connectivity index (χ0v) is 20.5. The summed E-state index contributed by atoms with van der Waals surface area (Å²) in [5.74, 6) is 1.50. The molecule has 0 radical (unpaired) electrons. The Balaban J connectivity index is 1.51. The number of primary amides is 1. The molecule has 34 heavy (non-hydrogen) atoms. The van der Waals surface area contributed by atoms with Gasteiger partial charge < -0.3 is 11.1 Å². The van der Waals surface area contributed by atoms with Gasteiger partial charge in [-0.2, -0.15) is 0 Å². The highest BCUT2D eigenvalue weighted by molar-refractivity contribution is 6.25. The lowest BCUT2D eigenvalue weighted by molar-refractivity contribution is -0.120. The maximum Gasteiger partial charge on any atom is 0.267 e. The summed E-state index contributed by atoms with van der Waals surface area (Å²) in [5, 5.41) is 5.01. The van der Waals surface area contributed by atoms with E-state index in [-0.39, 0.29) is 23.1 Å². The van der Waals surface area contributed by atoms with Gasteiger partial charge in [-0.25, -0.2) is 0 Å². The number of carbonyl (C=O) groups excluding carboxylic acids is 2. The van der Waals surface area contributed by atoms with Crippen LogP contribution in [0, 0.1) is 35.5 Å². The second-order valence-corrected chi connectivity index (χ2v) is 11.9. The minimum Gasteiger partial charge on any atom is -0.364 e. The number of aryl methyl sites for hydroxylation is 1. The monoisotopic (exact) mass is 457 g/mol. The largest absolute Gasteiger partial charge is 0.364 e. The first kappa shape index (κ1) is 21.8. The Morgan fingerprint density at radius 1 is 1.12 bits per heavy atom. The van der Waals surface area contributed by atoms with E-state index in [9.17, 15) is 9.59 Å². The van der Waals surface area contributed by atoms with Gasteiger partial charge in [0.15, 0.2) is 0 Å². The number of nitrogens with one attached hydrogen (secondary N) is 1. The summed E-state index contributed by atoms with van der Waals surface area (Å²) in [6.45, 7) is 6.87. The number of hydrogen-bond acceptors (Lipinski definition) is 3. The summed E-state index contributed by atoms with van der Waals surface area (Å²) in [6.07, 6.45) is 12.8. The van der Waals surface area contributed by atoms with Gasteiger partial charge in [-0.05, 0) is 85.1 Å². The second-order valence-electron chi connectivity index (χ2n) is 11.9. The van der Waals surface area contributed by atoms with E-state index in [1.165, 1.54) is 38.5 Å². The van der Waals surface area contributed by atoms with Crippen LogP contribution < -0.4 is 11.1 Å². The maximum atomic E-state index is 13.5. The predicted molar refractivity (Wildman–Crippen MR) is 134 cm³/mol. The van der Waals surface area contributed by atoms with Crippen LogP contribution in [0.4, 0.5) is 0 Å². The number of nitrogens with two attached hydrogens (primary N) is 1. The van der Waals surface area contributed by atoms with Crippen LogP contribution in [0.2, 0.25) is 0 Å². The van der Waals surface area contributed by atoms with Gasteiger partial charge in [-0.15, -0.1) is 0 Å². The number of fused-ring (bicyclic) bond motifs is 6. The fourth-order valence-electron chi connectivity index (χ4n) is 8.47. The molecule has 1 aliphatic heterocycles. The molecule has 178 valence electrons. The maximum absolute atomic E-state index is 13.5. The van der Waals surface area contributed by atoms with Crippen LogP contribution in [-0.4, -0.2) is 22.8 Å². The molecule has 0 spiro atoms. The van der Waals surface area contributed by atoms with Crippen molar-refractivity contribution in [2.45, 2.75) is 71.8 Å². The number of benzene rings is 1. The summed E-state index contributed by atoms with van der Waals surface area (Å²) >= 11 is 0. The van der Waals surface area contributed by atoms with E-state index in [1.54, 1.807) is 6.20 Å². The summed E-state index contributed by atoms with van der Waals surface area (Å²) in [4.78, 5) is 30.1. The molecule has 2 aromatic rings. The summed E-state index contributed by atoms with van der Waals surface area (Å²) in [5.41, 5.74) is 8.77. The lowest BCUT2D eigenvalue weighted by Gasteiger charge is -2.58. The van der Waals surface area contributed by atoms with Crippen molar-refractivity contribution in [3.63, 3.8) is 0 Å². The molecule has 5 heteroatoms. The van der Waals surface area contributed by atoms with E-state index in [0.29, 0.717) is 22.3 Å². The van der Waals surface area contributed by atoms with Crippen molar-refractivity contribution in [3.05, 3.63) is 47.3 Å². The van der Waals surface area contributed by atoms with Gasteiger partial charge in [0.1, 0.15) is 5.69 Å². The molecule has 0 saturated heterocycles. The van der Waals surface area contributed by atoms with Gasteiger partial charge in [0.2, 0.25) is 0 Å². The van der Waals surface area contributed by atoms with E-state index in [1.807, 2.05) is 25.1 Å². The topological polar surface area (TPSA) is 85.1 Å². The number of carbonyl (C=O) groups is 2. The Labute approximate surface area is 201 Å². The highest BCUT2D eigenvalue weighted by Gasteiger charge is 2.57. The SMILES string of the molecule is Cc1cnc(C(N)=O)c2c(C3=C[C@@]4(C)C(CC[C@@H]5[C@H]4CC[C@]4(C)CCC[C@@H]54)NC3=O)cccc12. The number of hydrogen-bond donors (Lipinski definition) is 2. The number of nitrogens with zero attached hydrogens (tertiary/aromatic N) is 1. The molecule has 2 amide bonds. The first-order chi connectivity index (χ1) is 16.2. The fraction of sp³-hybridized carbons (Fsp3) is 0.552. The molecular weight excluding hydrogens is 422 g/mol. The van der Waals surface area contributed by atoms with Crippen LogP contribution >= 0.6 is 0 Å². The average molecular weight is 458 g/mol. The van der Waals surface area contributed by atoms with Crippen LogP contribution in [-0.2, 0) is 4.79 Å². The van der Waals surface area contributed by atoms with Crippen LogP contribution in [0.15, 0.2) is 30.5 Å². The number of amides is 2. The van der Waals surface area contributed by atoms with Gasteiger partial charge >= 0.3 is 0 Å². The molecule has 1 unspecified atom stereocenters. The third kappa shape index (κ3) is 2.95. The van der Waals surface area contributed by atoms with Crippen LogP contribution in [0.3, 0.4) is 0 Å². The van der Waals surface area contributed by atoms with Gasteiger partial charge in [-0.1, -0.05) is 44.5 Å². The van der Waals surface area contributed by atoms with Crippen molar-refractivity contribution in [2.24, 2.45) is 34.3 Å². The summed E-state index contributed by atoms with van der Waals surface area (Å²) in [7, 11) is 0. The Kier molecular flexibility index (Phi) is 4.75. The molecule has 6 atom stereocenters. The molecule has 4 aliphatic rings. The van der Waals surface area contributed by atoms with Crippen LogP contribution in [0.25, 0.3) is 16.3 Å². The predicted octanol–water partition coefficient (Wildman–Crippen LogP) is 5.16. The van der Waals surface area contributed by atoms with Gasteiger partial charge in [-0.3, -0.25) is 14.6 Å². The van der Waals surface area contributed by atoms with Crippen molar-refractivity contribution in [2.75, 3.05) is 0 Å². The van der Waals surface area contributed by atoms with E-state index in [0.717, 1.165) is 34.8 Å². The molecule has 1 aromatic carbocycles. The van der Waals surface area contributed by atoms with Crippen LogP contribution in [0.5, 0.6) is 0 Å². The Hall–Kier alpha value is -2.69. The molecule has 3 fully saturated rings. The molecule has 6 rings (SSSR count). The lowest BCUT2D eigenvalue weighted by atomic mass is 9.48. The third-order valence-corrected chi connectivity index (χ3v) is 10.2. The van der Waals surface area contributed by atoms with Crippen molar-refractivity contribution < 1.29 is 9.59 Å². The van der Waals surface area contributed by atoms with Gasteiger partial charge in [0.25, 0.3) is 11.8 Å². The number of pyridine rings is 1. The van der Waals surface area contributed by atoms with E-state index >= 15 is 0 Å². The molecule has 3 saturated carbocycles. The second kappa shape index (κ2) is 7.40. The quantitative estimate of drug-likeness (QED) is 0.653. The number of aromatic nitrogens is 1. The first-order valence-electron chi connectivity index (χ1n) is 13.0. The third-order valence-electron chi connectivity index (χ3n) is 10.2. The minimum atomic E-state index is -0.566. The first-order valence-corrected chi connectivity index (χ1v) is 13.0. The van der Waals surface area contributed by atoms with Crippen molar-refractivity contribution in [3.8, 4) is 0 Å². The fourth-order valence-corrected chi connectivity index (χ4v) is 8.47. The van der Waals surface area contributed by atoms with E-state index in [4.69, 9.17) is 5.73 Å². The zero-order valence-electron chi connectivity index (χ0n) is 20.5. The van der Waals surface area contributed by atoms with Crippen molar-refractivity contribution in [1.82, 2.24) is 10.3 Å². The summed E-state index contributed by atoms with van der Waals surface area (Å²) < 4.78 is 0. The van der Waals surface area contributed by atoms with Gasteiger partial charge in [0.05, 0.1) is 0 Å². The molecule has 3 aliphatic carbocycles. The standard InChI is InChI=1S/C29H35N3O2/c1-16-15-31-25(26(30)33)24-17(16)6-4-7-18(24)20-14-29(3)22-11-13-28(2)12-5-8-21(28)19(22)9-10-23(29)32-27(20)34/h4,6-7,14-15,19,21-23H,5,8-13H2,1-3H3,(H2,30,33)(H,32,34)/t19-,21-,22+,23?,28-,29+/m0/s1. The van der Waals surface area contributed by atoms with E-state index < -0.39 is 5.91 Å². The molecule has 5 nitrogen and oxygen atoms in total. The van der Waals surface area contributed by atoms with Crippen molar-refractivity contribution in [1.29, 1.82) is 0 Å². The Morgan fingerprint density at radius 2 is 1.94 bits per heavy atom.